The largest absolute Gasteiger partial charge is 0.362 e. The monoisotopic (exact) mass is 410 g/mol. The van der Waals surface area contributed by atoms with Crippen molar-refractivity contribution in [2.24, 2.45) is 5.92 Å². The van der Waals surface area contributed by atoms with Crippen LogP contribution in [0.25, 0.3) is 10.9 Å². The summed E-state index contributed by atoms with van der Waals surface area (Å²) in [5.41, 5.74) is 1.00. The van der Waals surface area contributed by atoms with E-state index in [1.807, 2.05) is 61.5 Å². The minimum absolute atomic E-state index is 0.812. The Morgan fingerprint density at radius 3 is 2.55 bits per heavy atom. The summed E-state index contributed by atoms with van der Waals surface area (Å²) in [5, 5.41) is 6.86. The zero-order chi connectivity index (χ0) is 20.5. The fourth-order valence-electron chi connectivity index (χ4n) is 3.88. The topological polar surface area (TPSA) is 41.1 Å². The van der Waals surface area contributed by atoms with Gasteiger partial charge in [0, 0.05) is 24.4 Å². The van der Waals surface area contributed by atoms with Crippen LogP contribution < -0.4 is 10.2 Å². The van der Waals surface area contributed by atoms with E-state index < -0.39 is 0 Å². The molecule has 0 spiro atoms. The van der Waals surface area contributed by atoms with Gasteiger partial charge in [-0.05, 0) is 68.8 Å². The molecular formula is C24H34N4S. The lowest BCUT2D eigenvalue weighted by Crippen LogP contribution is -2.26. The molecule has 5 heteroatoms. The first kappa shape index (κ1) is 21.7. The molecule has 1 aromatic carbocycles. The Hall–Kier alpha value is -1.98. The molecule has 0 atom stereocenters. The van der Waals surface area contributed by atoms with E-state index in [-0.39, 0.29) is 0 Å². The van der Waals surface area contributed by atoms with Gasteiger partial charge >= 0.3 is 0 Å². The van der Waals surface area contributed by atoms with Crippen LogP contribution in [0.5, 0.6) is 0 Å². The van der Waals surface area contributed by atoms with Crippen LogP contribution in [0.1, 0.15) is 42.8 Å². The number of hydrogen-bond acceptors (Lipinski definition) is 5. The molecule has 0 radical (unpaired) electrons. The van der Waals surface area contributed by atoms with E-state index in [1.165, 1.54) is 49.9 Å². The lowest BCUT2D eigenvalue weighted by molar-refractivity contribution is 0.343. The predicted molar refractivity (Wildman–Crippen MR) is 126 cm³/mol. The molecule has 2 heterocycles. The maximum Gasteiger partial charge on any atom is 0.139 e. The van der Waals surface area contributed by atoms with Crippen LogP contribution in [0, 0.1) is 12.8 Å². The summed E-state index contributed by atoms with van der Waals surface area (Å²) in [6.45, 7) is 4.31. The zero-order valence-corrected chi connectivity index (χ0v) is 18.8. The van der Waals surface area contributed by atoms with Gasteiger partial charge < -0.3 is 10.2 Å². The van der Waals surface area contributed by atoms with E-state index in [0.717, 1.165) is 35.0 Å². The molecule has 156 valence electrons. The van der Waals surface area contributed by atoms with Crippen LogP contribution in [0.2, 0.25) is 0 Å². The first-order valence-corrected chi connectivity index (χ1v) is 11.7. The molecule has 29 heavy (non-hydrogen) atoms. The number of aryl methyl sites for hydroxylation is 1. The molecule has 3 aromatic rings. The summed E-state index contributed by atoms with van der Waals surface area (Å²) >= 11 is 1.87. The normalized spacial score (nSPS) is 14.4. The van der Waals surface area contributed by atoms with Crippen LogP contribution in [0.3, 0.4) is 0 Å². The lowest BCUT2D eigenvalue weighted by Gasteiger charge is -2.21. The highest BCUT2D eigenvalue weighted by Gasteiger charge is 2.12. The maximum absolute atomic E-state index is 4.42. The number of benzene rings is 1. The summed E-state index contributed by atoms with van der Waals surface area (Å²) in [7, 11) is 3.99. The summed E-state index contributed by atoms with van der Waals surface area (Å²) < 4.78 is 0. The number of thiophene rings is 1. The van der Waals surface area contributed by atoms with E-state index in [0.29, 0.717) is 0 Å². The highest BCUT2D eigenvalue weighted by atomic mass is 32.1. The number of anilines is 1. The van der Waals surface area contributed by atoms with Crippen LogP contribution in [-0.2, 0) is 6.42 Å². The smallest absolute Gasteiger partial charge is 0.139 e. The van der Waals surface area contributed by atoms with Crippen molar-refractivity contribution in [2.75, 3.05) is 32.1 Å². The number of aromatic nitrogens is 2. The van der Waals surface area contributed by atoms with E-state index in [4.69, 9.17) is 0 Å². The third-order valence-corrected chi connectivity index (χ3v) is 6.34. The van der Waals surface area contributed by atoms with Gasteiger partial charge in [0.1, 0.15) is 11.6 Å². The van der Waals surface area contributed by atoms with Crippen LogP contribution in [-0.4, -0.2) is 37.2 Å². The Kier molecular flexibility index (Phi) is 8.44. The summed E-state index contributed by atoms with van der Waals surface area (Å²) in [4.78, 5) is 12.3. The summed E-state index contributed by atoms with van der Waals surface area (Å²) in [5.74, 6) is 2.75. The van der Waals surface area contributed by atoms with Crippen molar-refractivity contribution < 1.29 is 0 Å². The Morgan fingerprint density at radius 1 is 1.03 bits per heavy atom. The minimum Gasteiger partial charge on any atom is -0.362 e. The molecule has 1 aliphatic carbocycles. The van der Waals surface area contributed by atoms with Crippen LogP contribution in [0.15, 0.2) is 41.8 Å². The number of hydrogen-bond donors (Lipinski definition) is 1. The first-order valence-electron chi connectivity index (χ1n) is 10.8. The van der Waals surface area contributed by atoms with Crippen molar-refractivity contribution in [1.29, 1.82) is 0 Å². The zero-order valence-electron chi connectivity index (χ0n) is 18.0. The predicted octanol–water partition coefficient (Wildman–Crippen LogP) is 5.46. The van der Waals surface area contributed by atoms with Gasteiger partial charge in [0.05, 0.1) is 5.52 Å². The number of nitrogens with one attached hydrogen (secondary N) is 1. The average molecular weight is 411 g/mol. The first-order chi connectivity index (χ1) is 14.1. The van der Waals surface area contributed by atoms with E-state index in [2.05, 4.69) is 32.8 Å². The Labute approximate surface area is 179 Å². The third-order valence-electron chi connectivity index (χ3n) is 5.40. The van der Waals surface area contributed by atoms with Crippen molar-refractivity contribution >= 4 is 28.1 Å². The van der Waals surface area contributed by atoms with Crippen molar-refractivity contribution in [3.63, 3.8) is 0 Å². The molecule has 4 rings (SSSR count). The van der Waals surface area contributed by atoms with Gasteiger partial charge in [0.2, 0.25) is 0 Å². The Balaban J connectivity index is 0.000000166. The molecule has 1 saturated carbocycles. The molecule has 0 amide bonds. The molecule has 2 aromatic heterocycles. The van der Waals surface area contributed by atoms with E-state index >= 15 is 0 Å². The summed E-state index contributed by atoms with van der Waals surface area (Å²) in [6.07, 6.45) is 8.47. The van der Waals surface area contributed by atoms with Crippen molar-refractivity contribution in [3.8, 4) is 0 Å². The van der Waals surface area contributed by atoms with Crippen LogP contribution >= 0.6 is 11.3 Å². The second-order valence-corrected chi connectivity index (χ2v) is 9.08. The molecule has 0 aliphatic heterocycles. The van der Waals surface area contributed by atoms with Gasteiger partial charge in [-0.2, -0.15) is 0 Å². The molecule has 0 unspecified atom stereocenters. The standard InChI is InChI=1S/C13H21NS.C11H13N3/c1-2-5-12(6-3-1)11-14-9-8-13-7-4-10-15-13;1-8-12-10-7-5-4-6-9(10)11(13-8)14(2)3/h4,7,10,12,14H,1-3,5-6,8-9,11H2;4-7H,1-3H3. The van der Waals surface area contributed by atoms with Crippen molar-refractivity contribution in [3.05, 3.63) is 52.5 Å². The second kappa shape index (κ2) is 11.3. The minimum atomic E-state index is 0.812. The van der Waals surface area contributed by atoms with E-state index in [1.54, 1.807) is 0 Å². The third kappa shape index (κ3) is 6.79. The van der Waals surface area contributed by atoms with Gasteiger partial charge in [-0.3, -0.25) is 0 Å². The molecule has 0 bridgehead atoms. The quantitative estimate of drug-likeness (QED) is 0.548. The molecule has 1 aliphatic rings. The number of fused-ring (bicyclic) bond motifs is 1. The number of nitrogens with zero attached hydrogens (tertiary/aromatic N) is 3. The van der Waals surface area contributed by atoms with Gasteiger partial charge in [0.25, 0.3) is 0 Å². The number of rotatable bonds is 6. The Morgan fingerprint density at radius 2 is 1.83 bits per heavy atom. The Bertz CT molecular complexity index is 854. The van der Waals surface area contributed by atoms with Gasteiger partial charge in [-0.25, -0.2) is 9.97 Å². The highest BCUT2D eigenvalue weighted by molar-refractivity contribution is 7.09. The fourth-order valence-corrected chi connectivity index (χ4v) is 4.59. The van der Waals surface area contributed by atoms with Gasteiger partial charge in [0.15, 0.2) is 0 Å². The number of para-hydroxylation sites is 1. The van der Waals surface area contributed by atoms with Crippen LogP contribution in [0.4, 0.5) is 5.82 Å². The molecule has 1 fully saturated rings. The molecule has 4 nitrogen and oxygen atoms in total. The fraction of sp³-hybridized carbons (Fsp3) is 0.500. The lowest BCUT2D eigenvalue weighted by atomic mass is 9.89. The highest BCUT2D eigenvalue weighted by Crippen LogP contribution is 2.23. The average Bonchev–Trinajstić information content (AvgIpc) is 3.25. The van der Waals surface area contributed by atoms with E-state index in [9.17, 15) is 0 Å². The SMILES string of the molecule is Cc1nc(N(C)C)c2ccccc2n1.c1csc(CCNCC2CCCCC2)c1. The maximum atomic E-state index is 4.42. The van der Waals surface area contributed by atoms with Crippen molar-refractivity contribution in [2.45, 2.75) is 45.4 Å². The van der Waals surface area contributed by atoms with Gasteiger partial charge in [-0.15, -0.1) is 11.3 Å². The molecule has 0 saturated heterocycles. The second-order valence-electron chi connectivity index (χ2n) is 8.04. The summed E-state index contributed by atoms with van der Waals surface area (Å²) in [6, 6.07) is 12.4. The molecule has 1 N–H and O–H groups in total. The van der Waals surface area contributed by atoms with Crippen molar-refractivity contribution in [1.82, 2.24) is 15.3 Å². The van der Waals surface area contributed by atoms with Gasteiger partial charge in [-0.1, -0.05) is 37.5 Å². The molecular weight excluding hydrogens is 376 g/mol.